The Balaban J connectivity index is 2.34. The van der Waals surface area contributed by atoms with Crippen molar-refractivity contribution < 1.29 is 8.42 Å². The topological polar surface area (TPSA) is 62.3 Å². The number of hydrogen-bond acceptors (Lipinski definition) is 6. The van der Waals surface area contributed by atoms with Gasteiger partial charge in [-0.05, 0) is 12.1 Å². The van der Waals surface area contributed by atoms with Gasteiger partial charge in [0.25, 0.3) is 0 Å². The molecular weight excluding hydrogens is 282 g/mol. The molecule has 0 saturated carbocycles. The summed E-state index contributed by atoms with van der Waals surface area (Å²) in [7, 11) is -1.29. The second kappa shape index (κ2) is 6.00. The number of pyridine rings is 1. The second-order valence-corrected chi connectivity index (χ2v) is 7.90. The first kappa shape index (κ1) is 14.5. The number of sulfone groups is 1. The summed E-state index contributed by atoms with van der Waals surface area (Å²) in [6.07, 6.45) is 0. The van der Waals surface area contributed by atoms with Crippen molar-refractivity contribution in [1.29, 1.82) is 0 Å². The first-order valence-corrected chi connectivity index (χ1v) is 9.16. The van der Waals surface area contributed by atoms with Gasteiger partial charge in [-0.25, -0.2) is 13.4 Å². The number of thioether (sulfide) groups is 1. The van der Waals surface area contributed by atoms with Gasteiger partial charge < -0.3 is 10.2 Å². The van der Waals surface area contributed by atoms with Crippen molar-refractivity contribution in [2.75, 3.05) is 41.1 Å². The van der Waals surface area contributed by atoms with Gasteiger partial charge in [-0.2, -0.15) is 11.8 Å². The molecule has 1 aliphatic heterocycles. The molecule has 0 radical (unpaired) electrons. The van der Waals surface area contributed by atoms with Crippen LogP contribution in [0.15, 0.2) is 18.2 Å². The number of nitrogens with one attached hydrogen (secondary N) is 1. The van der Waals surface area contributed by atoms with Gasteiger partial charge in [0, 0.05) is 30.9 Å². The van der Waals surface area contributed by atoms with Gasteiger partial charge in [-0.3, -0.25) is 0 Å². The molecule has 1 atom stereocenters. The van der Waals surface area contributed by atoms with E-state index in [2.05, 4.69) is 10.3 Å². The Morgan fingerprint density at radius 3 is 3.00 bits per heavy atom. The molecule has 0 amide bonds. The predicted molar refractivity (Wildman–Crippen MR) is 81.7 cm³/mol. The Morgan fingerprint density at radius 1 is 1.53 bits per heavy atom. The fraction of sp³-hybridized carbons (Fsp3) is 0.583. The summed E-state index contributed by atoms with van der Waals surface area (Å²) in [5.41, 5.74) is 0. The third-order valence-corrected chi connectivity index (χ3v) is 6.47. The molecule has 1 aromatic rings. The van der Waals surface area contributed by atoms with E-state index >= 15 is 0 Å². The zero-order chi connectivity index (χ0) is 13.9. The molecule has 0 spiro atoms. The molecule has 1 aliphatic rings. The molecule has 0 aliphatic carbocycles. The van der Waals surface area contributed by atoms with E-state index < -0.39 is 15.2 Å². The van der Waals surface area contributed by atoms with Crippen LogP contribution >= 0.6 is 11.8 Å². The lowest BCUT2D eigenvalue weighted by Gasteiger charge is -2.35. The zero-order valence-electron chi connectivity index (χ0n) is 11.2. The summed E-state index contributed by atoms with van der Waals surface area (Å²) >= 11 is 1.69. The van der Waals surface area contributed by atoms with E-state index in [4.69, 9.17) is 0 Å². The van der Waals surface area contributed by atoms with Crippen molar-refractivity contribution in [2.24, 2.45) is 0 Å². The Labute approximate surface area is 118 Å². The minimum absolute atomic E-state index is 0.167. The highest BCUT2D eigenvalue weighted by atomic mass is 32.2. The normalized spacial score (nSPS) is 20.3. The van der Waals surface area contributed by atoms with Gasteiger partial charge in [-0.15, -0.1) is 0 Å². The molecule has 2 heterocycles. The fourth-order valence-corrected chi connectivity index (χ4v) is 5.03. The molecule has 1 saturated heterocycles. The smallest absolute Gasteiger partial charge is 0.171 e. The van der Waals surface area contributed by atoms with Crippen LogP contribution in [0.5, 0.6) is 0 Å². The number of aromatic nitrogens is 1. The standard InChI is InChI=1S/C12H19N3O2S2/c1-3-19(16,17)12-9-18-8-7-15(12)11-6-4-5-10(13-2)14-11/h4-6,12H,3,7-9H2,1-2H3,(H,13,14). The Bertz CT molecular complexity index is 534. The van der Waals surface area contributed by atoms with Crippen LogP contribution in [-0.2, 0) is 9.84 Å². The molecule has 2 rings (SSSR count). The summed E-state index contributed by atoms with van der Waals surface area (Å²) in [6, 6.07) is 5.63. The minimum atomic E-state index is -3.09. The van der Waals surface area contributed by atoms with Crippen LogP contribution in [0.3, 0.4) is 0 Å². The van der Waals surface area contributed by atoms with E-state index in [0.717, 1.165) is 17.4 Å². The zero-order valence-corrected chi connectivity index (χ0v) is 12.8. The summed E-state index contributed by atoms with van der Waals surface area (Å²) in [5.74, 6) is 3.20. The third-order valence-electron chi connectivity index (χ3n) is 3.19. The van der Waals surface area contributed by atoms with E-state index in [0.29, 0.717) is 12.3 Å². The lowest BCUT2D eigenvalue weighted by Crippen LogP contribution is -2.48. The molecular formula is C12H19N3O2S2. The first-order valence-electron chi connectivity index (χ1n) is 6.29. The monoisotopic (exact) mass is 301 g/mol. The van der Waals surface area contributed by atoms with Gasteiger partial charge in [-0.1, -0.05) is 13.0 Å². The van der Waals surface area contributed by atoms with Gasteiger partial charge in [0.15, 0.2) is 9.84 Å². The van der Waals surface area contributed by atoms with Crippen LogP contribution in [0, 0.1) is 0 Å². The molecule has 5 nitrogen and oxygen atoms in total. The van der Waals surface area contributed by atoms with Crippen LogP contribution in [0.4, 0.5) is 11.6 Å². The highest BCUT2D eigenvalue weighted by Crippen LogP contribution is 2.26. The highest BCUT2D eigenvalue weighted by Gasteiger charge is 2.33. The second-order valence-electron chi connectivity index (χ2n) is 4.31. The van der Waals surface area contributed by atoms with Crippen molar-refractivity contribution in [2.45, 2.75) is 12.3 Å². The van der Waals surface area contributed by atoms with E-state index in [1.807, 2.05) is 23.1 Å². The number of anilines is 2. The molecule has 1 aromatic heterocycles. The van der Waals surface area contributed by atoms with Crippen LogP contribution in [0.1, 0.15) is 6.92 Å². The van der Waals surface area contributed by atoms with Crippen molar-refractivity contribution in [3.05, 3.63) is 18.2 Å². The summed E-state index contributed by atoms with van der Waals surface area (Å²) in [5, 5.41) is 2.52. The minimum Gasteiger partial charge on any atom is -0.373 e. The fourth-order valence-electron chi connectivity index (χ4n) is 2.06. The first-order chi connectivity index (χ1) is 9.08. The Morgan fingerprint density at radius 2 is 2.32 bits per heavy atom. The lowest BCUT2D eigenvalue weighted by molar-refractivity contribution is 0.579. The molecule has 0 bridgehead atoms. The van der Waals surface area contributed by atoms with Crippen LogP contribution < -0.4 is 10.2 Å². The van der Waals surface area contributed by atoms with Crippen molar-refractivity contribution in [1.82, 2.24) is 4.98 Å². The van der Waals surface area contributed by atoms with Crippen LogP contribution in [0.2, 0.25) is 0 Å². The average molecular weight is 301 g/mol. The van der Waals surface area contributed by atoms with E-state index in [1.54, 1.807) is 25.7 Å². The Kier molecular flexibility index (Phi) is 4.57. The maximum Gasteiger partial charge on any atom is 0.171 e. The van der Waals surface area contributed by atoms with Crippen molar-refractivity contribution >= 4 is 33.2 Å². The van der Waals surface area contributed by atoms with E-state index in [9.17, 15) is 8.42 Å². The van der Waals surface area contributed by atoms with Crippen LogP contribution in [-0.4, -0.2) is 49.6 Å². The molecule has 1 N–H and O–H groups in total. The van der Waals surface area contributed by atoms with Gasteiger partial charge in [0.1, 0.15) is 17.0 Å². The van der Waals surface area contributed by atoms with Gasteiger partial charge >= 0.3 is 0 Å². The van der Waals surface area contributed by atoms with E-state index in [1.165, 1.54) is 0 Å². The maximum absolute atomic E-state index is 12.2. The molecule has 0 aromatic carbocycles. The average Bonchev–Trinajstić information content (AvgIpc) is 2.47. The maximum atomic E-state index is 12.2. The molecule has 1 fully saturated rings. The molecule has 7 heteroatoms. The Hall–Kier alpha value is -0.950. The highest BCUT2D eigenvalue weighted by molar-refractivity contribution is 8.01. The molecule has 106 valence electrons. The lowest BCUT2D eigenvalue weighted by atomic mass is 10.4. The number of hydrogen-bond donors (Lipinski definition) is 1. The van der Waals surface area contributed by atoms with Gasteiger partial charge in [0.2, 0.25) is 0 Å². The quantitative estimate of drug-likeness (QED) is 0.908. The predicted octanol–water partition coefficient (Wildman–Crippen LogP) is 1.44. The molecule has 1 unspecified atom stereocenters. The van der Waals surface area contributed by atoms with Gasteiger partial charge in [0.05, 0.1) is 0 Å². The summed E-state index contributed by atoms with van der Waals surface area (Å²) in [4.78, 5) is 6.37. The number of rotatable bonds is 4. The molecule has 19 heavy (non-hydrogen) atoms. The SMILES string of the molecule is CCS(=O)(=O)C1CSCCN1c1cccc(NC)n1. The number of nitrogens with zero attached hydrogens (tertiary/aromatic N) is 2. The summed E-state index contributed by atoms with van der Waals surface area (Å²) < 4.78 is 24.4. The summed E-state index contributed by atoms with van der Waals surface area (Å²) in [6.45, 7) is 2.42. The largest absolute Gasteiger partial charge is 0.373 e. The van der Waals surface area contributed by atoms with Crippen molar-refractivity contribution in [3.63, 3.8) is 0 Å². The third kappa shape index (κ3) is 3.14. The van der Waals surface area contributed by atoms with E-state index in [-0.39, 0.29) is 5.75 Å². The van der Waals surface area contributed by atoms with Crippen LogP contribution in [0.25, 0.3) is 0 Å². The van der Waals surface area contributed by atoms with Crippen molar-refractivity contribution in [3.8, 4) is 0 Å².